The van der Waals surface area contributed by atoms with Gasteiger partial charge in [0, 0.05) is 19.2 Å². The molecule has 0 spiro atoms. The number of sulfone groups is 1. The summed E-state index contributed by atoms with van der Waals surface area (Å²) in [5.74, 6) is 0.0729. The molecule has 1 fully saturated rings. The molecule has 1 aliphatic rings. The predicted molar refractivity (Wildman–Crippen MR) is 63.8 cm³/mol. The highest BCUT2D eigenvalue weighted by Gasteiger charge is 2.51. The molecule has 0 aromatic rings. The van der Waals surface area contributed by atoms with Crippen LogP contribution in [0.2, 0.25) is 0 Å². The van der Waals surface area contributed by atoms with E-state index < -0.39 is 15.1 Å². The molecule has 1 saturated carbocycles. The molecule has 0 saturated heterocycles. The van der Waals surface area contributed by atoms with Crippen LogP contribution in [-0.4, -0.2) is 31.9 Å². The Labute approximate surface area is 97.7 Å². The largest absolute Gasteiger partial charge is 0.352 e. The van der Waals surface area contributed by atoms with Gasteiger partial charge in [-0.2, -0.15) is 0 Å². The van der Waals surface area contributed by atoms with Crippen LogP contribution in [0.4, 0.5) is 0 Å². The first-order valence-electron chi connectivity index (χ1n) is 5.49. The van der Waals surface area contributed by atoms with Crippen LogP contribution in [0.5, 0.6) is 0 Å². The zero-order valence-electron chi connectivity index (χ0n) is 10.6. The Balaban J connectivity index is 2.86. The first kappa shape index (κ1) is 13.5. The number of rotatable bonds is 2. The average Bonchev–Trinajstić information content (AvgIpc) is 1.91. The van der Waals surface area contributed by atoms with Gasteiger partial charge in [0.1, 0.15) is 0 Å². The normalized spacial score (nSPS) is 30.7. The van der Waals surface area contributed by atoms with E-state index in [0.717, 1.165) is 0 Å². The molecule has 0 heterocycles. The zero-order valence-corrected chi connectivity index (χ0v) is 11.4. The molecule has 1 aliphatic carbocycles. The fraction of sp³-hybridized carbons (Fsp3) is 0.909. The maximum Gasteiger partial charge on any atom is 0.217 e. The van der Waals surface area contributed by atoms with E-state index in [-0.39, 0.29) is 23.3 Å². The summed E-state index contributed by atoms with van der Waals surface area (Å²) in [5.41, 5.74) is 0.0221. The van der Waals surface area contributed by atoms with Crippen LogP contribution in [0.25, 0.3) is 0 Å². The fourth-order valence-corrected chi connectivity index (χ4v) is 3.72. The minimum Gasteiger partial charge on any atom is -0.352 e. The lowest BCUT2D eigenvalue weighted by molar-refractivity contribution is -0.121. The lowest BCUT2D eigenvalue weighted by Crippen LogP contribution is -2.62. The lowest BCUT2D eigenvalue weighted by atomic mass is 9.64. The van der Waals surface area contributed by atoms with E-state index in [1.165, 1.54) is 13.2 Å². The maximum absolute atomic E-state index is 11.5. The third-order valence-corrected chi connectivity index (χ3v) is 4.94. The Morgan fingerprint density at radius 1 is 1.31 bits per heavy atom. The van der Waals surface area contributed by atoms with Crippen LogP contribution in [0.3, 0.4) is 0 Å². The number of amides is 1. The second-order valence-electron chi connectivity index (χ2n) is 5.80. The Morgan fingerprint density at radius 3 is 2.12 bits per heavy atom. The fourth-order valence-electron chi connectivity index (χ4n) is 2.37. The molecule has 0 aromatic carbocycles. The third-order valence-electron chi connectivity index (χ3n) is 3.35. The van der Waals surface area contributed by atoms with Gasteiger partial charge in [0.2, 0.25) is 5.91 Å². The monoisotopic (exact) mass is 247 g/mol. The zero-order chi connectivity index (χ0) is 12.7. The van der Waals surface area contributed by atoms with E-state index in [2.05, 4.69) is 26.1 Å². The Kier molecular flexibility index (Phi) is 3.39. The van der Waals surface area contributed by atoms with Crippen molar-refractivity contribution in [1.82, 2.24) is 5.32 Å². The van der Waals surface area contributed by atoms with Crippen molar-refractivity contribution in [2.24, 2.45) is 11.3 Å². The first-order valence-corrected chi connectivity index (χ1v) is 7.45. The summed E-state index contributed by atoms with van der Waals surface area (Å²) in [4.78, 5) is 11.1. The molecule has 3 atom stereocenters. The maximum atomic E-state index is 11.5. The topological polar surface area (TPSA) is 63.2 Å². The van der Waals surface area contributed by atoms with E-state index in [1.54, 1.807) is 0 Å². The molecular weight excluding hydrogens is 226 g/mol. The molecule has 5 heteroatoms. The molecule has 94 valence electrons. The van der Waals surface area contributed by atoms with Crippen molar-refractivity contribution >= 4 is 15.7 Å². The van der Waals surface area contributed by atoms with Crippen molar-refractivity contribution in [3.05, 3.63) is 0 Å². The molecular formula is C11H21NO3S. The summed E-state index contributed by atoms with van der Waals surface area (Å²) in [7, 11) is -3.07. The molecule has 0 radical (unpaired) electrons. The quantitative estimate of drug-likeness (QED) is 0.791. The number of carbonyl (C=O) groups is 1. The van der Waals surface area contributed by atoms with Crippen LogP contribution < -0.4 is 5.32 Å². The van der Waals surface area contributed by atoms with Gasteiger partial charge < -0.3 is 5.32 Å². The SMILES string of the molecule is CC(=O)NC1C(C(C)(C)C)C[C@@H]1S(C)(=O)=O. The first-order chi connectivity index (χ1) is 7.03. The third kappa shape index (κ3) is 2.75. The van der Waals surface area contributed by atoms with Crippen molar-refractivity contribution in [1.29, 1.82) is 0 Å². The Hall–Kier alpha value is -0.580. The van der Waals surface area contributed by atoms with Crippen molar-refractivity contribution in [3.63, 3.8) is 0 Å². The van der Waals surface area contributed by atoms with Crippen molar-refractivity contribution in [2.75, 3.05) is 6.26 Å². The van der Waals surface area contributed by atoms with E-state index in [1.807, 2.05) is 0 Å². The van der Waals surface area contributed by atoms with Crippen LogP contribution in [-0.2, 0) is 14.6 Å². The van der Waals surface area contributed by atoms with Crippen molar-refractivity contribution in [2.45, 2.75) is 45.4 Å². The lowest BCUT2D eigenvalue weighted by Gasteiger charge is -2.50. The summed E-state index contributed by atoms with van der Waals surface area (Å²) in [5, 5.41) is 2.36. The minimum absolute atomic E-state index is 0.0221. The van der Waals surface area contributed by atoms with Crippen molar-refractivity contribution in [3.8, 4) is 0 Å². The number of hydrogen-bond donors (Lipinski definition) is 1. The second kappa shape index (κ2) is 4.02. The van der Waals surface area contributed by atoms with E-state index in [0.29, 0.717) is 6.42 Å². The van der Waals surface area contributed by atoms with Crippen LogP contribution >= 0.6 is 0 Å². The van der Waals surface area contributed by atoms with Gasteiger partial charge in [-0.15, -0.1) is 0 Å². The molecule has 16 heavy (non-hydrogen) atoms. The highest BCUT2D eigenvalue weighted by atomic mass is 32.2. The summed E-state index contributed by atoms with van der Waals surface area (Å²) in [6.07, 6.45) is 1.89. The van der Waals surface area contributed by atoms with Crippen molar-refractivity contribution < 1.29 is 13.2 Å². The highest BCUT2D eigenvalue weighted by Crippen LogP contribution is 2.44. The molecule has 1 rings (SSSR count). The smallest absolute Gasteiger partial charge is 0.217 e. The highest BCUT2D eigenvalue weighted by molar-refractivity contribution is 7.91. The number of carbonyl (C=O) groups excluding carboxylic acids is 1. The molecule has 4 nitrogen and oxygen atoms in total. The predicted octanol–water partition coefficient (Wildman–Crippen LogP) is 0.970. The minimum atomic E-state index is -3.07. The number of nitrogens with one attached hydrogen (secondary N) is 1. The van der Waals surface area contributed by atoms with Gasteiger partial charge in [-0.25, -0.2) is 8.42 Å². The van der Waals surface area contributed by atoms with Gasteiger partial charge in [-0.05, 0) is 17.8 Å². The average molecular weight is 247 g/mol. The number of hydrogen-bond acceptors (Lipinski definition) is 3. The Bertz CT molecular complexity index is 381. The van der Waals surface area contributed by atoms with Gasteiger partial charge in [-0.1, -0.05) is 20.8 Å². The molecule has 0 aliphatic heterocycles. The summed E-state index contributed by atoms with van der Waals surface area (Å²) < 4.78 is 23.1. The molecule has 2 unspecified atom stereocenters. The summed E-state index contributed by atoms with van der Waals surface area (Å²) >= 11 is 0. The summed E-state index contributed by atoms with van der Waals surface area (Å²) in [6.45, 7) is 7.65. The van der Waals surface area contributed by atoms with Gasteiger partial charge >= 0.3 is 0 Å². The van der Waals surface area contributed by atoms with Crippen LogP contribution in [0.1, 0.15) is 34.1 Å². The van der Waals surface area contributed by atoms with E-state index in [9.17, 15) is 13.2 Å². The standard InChI is InChI=1S/C11H21NO3S/c1-7(13)12-10-8(11(2,3)4)6-9(10)16(5,14)15/h8-10H,6H2,1-5H3,(H,12,13)/t8?,9-,10?/m0/s1. The molecule has 1 N–H and O–H groups in total. The van der Waals surface area contributed by atoms with E-state index in [4.69, 9.17) is 0 Å². The van der Waals surface area contributed by atoms with Gasteiger partial charge in [0.05, 0.1) is 5.25 Å². The van der Waals surface area contributed by atoms with Crippen LogP contribution in [0.15, 0.2) is 0 Å². The molecule has 0 bridgehead atoms. The Morgan fingerprint density at radius 2 is 1.81 bits per heavy atom. The molecule has 0 aromatic heterocycles. The van der Waals surface area contributed by atoms with Crippen LogP contribution in [0, 0.1) is 11.3 Å². The van der Waals surface area contributed by atoms with Gasteiger partial charge in [0.25, 0.3) is 0 Å². The van der Waals surface area contributed by atoms with E-state index >= 15 is 0 Å². The van der Waals surface area contributed by atoms with Gasteiger partial charge in [-0.3, -0.25) is 4.79 Å². The van der Waals surface area contributed by atoms with Gasteiger partial charge in [0.15, 0.2) is 9.84 Å². The summed E-state index contributed by atoms with van der Waals surface area (Å²) in [6, 6.07) is -0.229. The molecule has 1 amide bonds. The second-order valence-corrected chi connectivity index (χ2v) is 8.07.